The quantitative estimate of drug-likeness (QED) is 0.299. The fourth-order valence-corrected chi connectivity index (χ4v) is 5.22. The van der Waals surface area contributed by atoms with Gasteiger partial charge < -0.3 is 26.2 Å². The molecule has 2 unspecified atom stereocenters. The van der Waals surface area contributed by atoms with E-state index in [1.165, 1.54) is 11.3 Å². The van der Waals surface area contributed by atoms with Crippen LogP contribution in [0.15, 0.2) is 60.8 Å². The topological polar surface area (TPSA) is 48.8 Å². The maximum atomic E-state index is 10.7. The molecule has 1 saturated heterocycles. The van der Waals surface area contributed by atoms with E-state index in [-0.39, 0.29) is 32.7 Å². The van der Waals surface area contributed by atoms with Gasteiger partial charge in [0.25, 0.3) is 0 Å². The van der Waals surface area contributed by atoms with Crippen molar-refractivity contribution >= 4 is 51.4 Å². The van der Waals surface area contributed by atoms with Crippen LogP contribution in [-0.4, -0.2) is 44.8 Å². The summed E-state index contributed by atoms with van der Waals surface area (Å²) >= 11 is 12.9. The molecule has 3 aromatic rings. The summed E-state index contributed by atoms with van der Waals surface area (Å²) in [5, 5.41) is 18.7. The largest absolute Gasteiger partial charge is 0.388 e. The molecule has 33 heavy (non-hydrogen) atoms. The number of hydrogen-bond acceptors (Lipinski definition) is 6. The van der Waals surface area contributed by atoms with Crippen molar-refractivity contribution < 1.29 is 42.6 Å². The minimum atomic E-state index is -0.573. The van der Waals surface area contributed by atoms with Gasteiger partial charge >= 0.3 is 0 Å². The Morgan fingerprint density at radius 1 is 1.12 bits per heavy atom. The van der Waals surface area contributed by atoms with Gasteiger partial charge in [-0.05, 0) is 29.7 Å². The molecule has 0 aliphatic carbocycles. The molecule has 4 rings (SSSR count). The molecule has 0 spiro atoms. The normalized spacial score (nSPS) is 16.7. The predicted octanol–water partition coefficient (Wildman–Crippen LogP) is 4.56. The molecule has 1 N–H and O–H groups in total. The van der Waals surface area contributed by atoms with Gasteiger partial charge in [0.15, 0.2) is 6.10 Å². The average Bonchev–Trinajstić information content (AvgIpc) is 3.41. The summed E-state index contributed by atoms with van der Waals surface area (Å²) in [6.07, 6.45) is 3.03. The molecule has 2 aromatic carbocycles. The second-order valence-corrected chi connectivity index (χ2v) is 9.25. The molecule has 9 heteroatoms. The zero-order valence-corrected chi connectivity index (χ0v) is 23.5. The smallest absolute Gasteiger partial charge is 0.161 e. The third kappa shape index (κ3) is 6.31. The van der Waals surface area contributed by atoms with Crippen molar-refractivity contribution in [2.45, 2.75) is 31.5 Å². The van der Waals surface area contributed by atoms with Crippen LogP contribution in [0.5, 0.6) is 0 Å². The van der Waals surface area contributed by atoms with Gasteiger partial charge in [-0.25, -0.2) is 5.01 Å². The summed E-state index contributed by atoms with van der Waals surface area (Å²) in [5.74, 6) is 0. The third-order valence-electron chi connectivity index (χ3n) is 5.38. The molecule has 1 aromatic heterocycles. The van der Waals surface area contributed by atoms with Crippen LogP contribution < -0.4 is 5.01 Å². The van der Waals surface area contributed by atoms with Gasteiger partial charge in [-0.1, -0.05) is 84.5 Å². The molecule has 1 radical (unpaired) electrons. The SMILES string of the molecule is COC1C(=S)N(CCCc2nc[c-]s2)N(c2ccc(C(O)Cc3ccccc3)cc2)C1=S.[Y]. The van der Waals surface area contributed by atoms with Gasteiger partial charge in [0.2, 0.25) is 0 Å². The molecule has 1 aliphatic rings. The first kappa shape index (κ1) is 26.5. The Kier molecular flexibility index (Phi) is 10.1. The average molecular weight is 572 g/mol. The summed E-state index contributed by atoms with van der Waals surface area (Å²) in [6.45, 7) is 0.705. The standard InChI is InChI=1S/C24H24N3O2S3.Y/c1-29-22-23(30)26(14-5-8-21-25-13-15-32-21)27(24(22)31)19-11-9-18(10-12-19)20(28)16-17-6-3-2-4-7-17;/h2-4,6-7,9-13,20,22,28H,5,8,14,16H2,1H3;/q-1;. The predicted molar refractivity (Wildman–Crippen MR) is 136 cm³/mol. The van der Waals surface area contributed by atoms with Crippen molar-refractivity contribution in [3.05, 3.63) is 82.3 Å². The molecule has 169 valence electrons. The number of methoxy groups -OCH3 is 1. The molecular weight excluding hydrogens is 547 g/mol. The molecule has 1 fully saturated rings. The zero-order valence-electron chi connectivity index (χ0n) is 18.3. The fraction of sp³-hybridized carbons (Fsp3) is 0.292. The van der Waals surface area contributed by atoms with Crippen molar-refractivity contribution in [1.82, 2.24) is 9.99 Å². The fourth-order valence-electron chi connectivity index (χ4n) is 3.76. The van der Waals surface area contributed by atoms with Crippen LogP contribution in [0.25, 0.3) is 0 Å². The molecule has 0 saturated carbocycles. The van der Waals surface area contributed by atoms with E-state index in [9.17, 15) is 5.11 Å². The summed E-state index contributed by atoms with van der Waals surface area (Å²) in [7, 11) is 1.62. The van der Waals surface area contributed by atoms with Crippen LogP contribution in [0.4, 0.5) is 5.69 Å². The molecule has 0 amide bonds. The van der Waals surface area contributed by atoms with Crippen LogP contribution in [0.1, 0.15) is 28.7 Å². The number of hydrazine groups is 1. The minimum absolute atomic E-state index is 0. The third-order valence-corrected chi connectivity index (χ3v) is 6.96. The van der Waals surface area contributed by atoms with Crippen molar-refractivity contribution in [1.29, 1.82) is 0 Å². The number of anilines is 1. The number of nitrogens with zero attached hydrogens (tertiary/aromatic N) is 3. The number of aryl methyl sites for hydroxylation is 1. The second kappa shape index (κ2) is 12.5. The van der Waals surface area contributed by atoms with E-state index in [0.717, 1.165) is 34.7 Å². The minimum Gasteiger partial charge on any atom is -0.388 e. The monoisotopic (exact) mass is 571 g/mol. The van der Waals surface area contributed by atoms with E-state index in [0.29, 0.717) is 22.9 Å². The number of rotatable bonds is 9. The Labute approximate surface area is 234 Å². The zero-order chi connectivity index (χ0) is 22.5. The van der Waals surface area contributed by atoms with Crippen LogP contribution in [0.3, 0.4) is 0 Å². The molecule has 2 heterocycles. The molecule has 2 atom stereocenters. The maximum absolute atomic E-state index is 10.7. The van der Waals surface area contributed by atoms with Crippen LogP contribution in [0, 0.1) is 5.38 Å². The van der Waals surface area contributed by atoms with Gasteiger partial charge in [0.1, 0.15) is 9.98 Å². The summed E-state index contributed by atoms with van der Waals surface area (Å²) in [6, 6.07) is 17.8. The molecule has 0 bridgehead atoms. The number of benzene rings is 2. The number of aliphatic hydroxyl groups is 1. The Morgan fingerprint density at radius 2 is 1.85 bits per heavy atom. The van der Waals surface area contributed by atoms with E-state index in [1.54, 1.807) is 13.3 Å². The van der Waals surface area contributed by atoms with Crippen LogP contribution >= 0.6 is 35.8 Å². The van der Waals surface area contributed by atoms with E-state index < -0.39 is 12.2 Å². The number of ether oxygens (including phenoxy) is 1. The van der Waals surface area contributed by atoms with Gasteiger partial charge in [0.05, 0.1) is 11.8 Å². The first-order valence-electron chi connectivity index (χ1n) is 10.4. The van der Waals surface area contributed by atoms with E-state index in [4.69, 9.17) is 29.2 Å². The Hall–Kier alpha value is -1.13. The van der Waals surface area contributed by atoms with Crippen LogP contribution in [0.2, 0.25) is 0 Å². The maximum Gasteiger partial charge on any atom is 0.161 e. The van der Waals surface area contributed by atoms with Crippen LogP contribution in [-0.2, 0) is 50.3 Å². The van der Waals surface area contributed by atoms with Crippen molar-refractivity contribution in [2.24, 2.45) is 0 Å². The number of aliphatic hydroxyl groups excluding tert-OH is 1. The van der Waals surface area contributed by atoms with Crippen molar-refractivity contribution in [2.75, 3.05) is 18.7 Å². The number of thiocarbonyl (C=S) groups is 2. The first-order valence-corrected chi connectivity index (χ1v) is 12.0. The van der Waals surface area contributed by atoms with Crippen molar-refractivity contribution in [3.63, 3.8) is 0 Å². The van der Waals surface area contributed by atoms with Gasteiger partial charge in [-0.2, -0.15) is 5.38 Å². The number of thiazole rings is 1. The Morgan fingerprint density at radius 3 is 2.48 bits per heavy atom. The summed E-state index contributed by atoms with van der Waals surface area (Å²) in [5.41, 5.74) is 2.86. The second-order valence-electron chi connectivity index (χ2n) is 7.50. The summed E-state index contributed by atoms with van der Waals surface area (Å²) in [4.78, 5) is 5.59. The molecule has 5 nitrogen and oxygen atoms in total. The van der Waals surface area contributed by atoms with Gasteiger partial charge in [-0.3, -0.25) is 5.01 Å². The molecule has 1 aliphatic heterocycles. The summed E-state index contributed by atoms with van der Waals surface area (Å²) < 4.78 is 5.58. The number of aromatic nitrogens is 1. The van der Waals surface area contributed by atoms with E-state index in [1.807, 2.05) is 64.6 Å². The van der Waals surface area contributed by atoms with Gasteiger partial charge in [-0.15, -0.1) is 0 Å². The Balaban J connectivity index is 0.00000306. The number of hydrogen-bond donors (Lipinski definition) is 1. The Bertz CT molecular complexity index is 1050. The van der Waals surface area contributed by atoms with Gasteiger partial charge in [0, 0.05) is 52.8 Å². The van der Waals surface area contributed by atoms with E-state index >= 15 is 0 Å². The first-order chi connectivity index (χ1) is 15.6. The molecular formula is C24H24N3O2S3Y-. The van der Waals surface area contributed by atoms with Crippen molar-refractivity contribution in [3.8, 4) is 0 Å². The van der Waals surface area contributed by atoms with E-state index in [2.05, 4.69) is 10.4 Å².